The van der Waals surface area contributed by atoms with Crippen molar-refractivity contribution in [2.75, 3.05) is 6.79 Å². The molecule has 0 spiro atoms. The summed E-state index contributed by atoms with van der Waals surface area (Å²) in [5.41, 5.74) is 1.58. The number of rotatable bonds is 4. The Hall–Kier alpha value is -2.56. The van der Waals surface area contributed by atoms with Crippen LogP contribution in [0.15, 0.2) is 42.5 Å². The molecule has 0 aromatic heterocycles. The molecule has 0 bridgehead atoms. The number of carbonyl (C=O) groups is 1. The van der Waals surface area contributed by atoms with E-state index in [0.29, 0.717) is 24.3 Å². The zero-order valence-corrected chi connectivity index (χ0v) is 12.4. The summed E-state index contributed by atoms with van der Waals surface area (Å²) in [6.45, 7) is 0.660. The predicted molar refractivity (Wildman–Crippen MR) is 81.7 cm³/mol. The lowest BCUT2D eigenvalue weighted by atomic mass is 10.1. The molecule has 0 radical (unpaired) electrons. The van der Waals surface area contributed by atoms with Crippen molar-refractivity contribution in [3.05, 3.63) is 59.4 Å². The minimum atomic E-state index is -0.233. The highest BCUT2D eigenvalue weighted by molar-refractivity contribution is 5.82. The van der Waals surface area contributed by atoms with Crippen LogP contribution in [-0.2, 0) is 11.3 Å². The number of nitrogens with one attached hydrogen (secondary N) is 1. The average molecular weight is 313 g/mol. The molecule has 0 saturated heterocycles. The average Bonchev–Trinajstić information content (AvgIpc) is 3.22. The number of amides is 1. The van der Waals surface area contributed by atoms with Crippen LogP contribution in [0.4, 0.5) is 4.39 Å². The van der Waals surface area contributed by atoms with Crippen LogP contribution < -0.4 is 14.8 Å². The highest BCUT2D eigenvalue weighted by atomic mass is 19.1. The molecule has 1 saturated carbocycles. The van der Waals surface area contributed by atoms with E-state index >= 15 is 0 Å². The van der Waals surface area contributed by atoms with Crippen molar-refractivity contribution >= 4 is 5.91 Å². The standard InChI is InChI=1S/C18H16FNO3/c19-15-4-2-1-3-12(15)13-8-14(13)18(21)20-9-11-5-6-16-17(7-11)23-10-22-16/h1-7,13-14H,8-10H2,(H,20,21). The number of hydrogen-bond donors (Lipinski definition) is 1. The topological polar surface area (TPSA) is 47.6 Å². The summed E-state index contributed by atoms with van der Waals surface area (Å²) >= 11 is 0. The molecule has 1 aliphatic carbocycles. The second-order valence-electron chi connectivity index (χ2n) is 5.88. The first-order valence-electron chi connectivity index (χ1n) is 7.63. The Balaban J connectivity index is 1.36. The second kappa shape index (κ2) is 5.57. The van der Waals surface area contributed by atoms with E-state index in [2.05, 4.69) is 5.32 Å². The molecule has 4 nitrogen and oxygen atoms in total. The first kappa shape index (κ1) is 14.1. The van der Waals surface area contributed by atoms with Crippen molar-refractivity contribution in [3.8, 4) is 11.5 Å². The van der Waals surface area contributed by atoms with Gasteiger partial charge in [0, 0.05) is 12.5 Å². The van der Waals surface area contributed by atoms with Crippen LogP contribution in [0, 0.1) is 11.7 Å². The Kier molecular flexibility index (Phi) is 3.41. The van der Waals surface area contributed by atoms with Gasteiger partial charge in [0.1, 0.15) is 5.82 Å². The molecular formula is C18H16FNO3. The SMILES string of the molecule is O=C(NCc1ccc2c(c1)OCO2)C1CC1c1ccccc1F. The van der Waals surface area contributed by atoms with Crippen molar-refractivity contribution in [3.63, 3.8) is 0 Å². The number of benzene rings is 2. The Labute approximate surface area is 133 Å². The van der Waals surface area contributed by atoms with Gasteiger partial charge in [0.05, 0.1) is 0 Å². The smallest absolute Gasteiger partial charge is 0.231 e. The van der Waals surface area contributed by atoms with Crippen LogP contribution in [0.3, 0.4) is 0 Å². The zero-order valence-electron chi connectivity index (χ0n) is 12.4. The molecule has 2 aliphatic rings. The molecule has 4 rings (SSSR count). The predicted octanol–water partition coefficient (Wildman–Crippen LogP) is 2.97. The van der Waals surface area contributed by atoms with E-state index in [1.165, 1.54) is 6.07 Å². The fraction of sp³-hybridized carbons (Fsp3) is 0.278. The van der Waals surface area contributed by atoms with Gasteiger partial charge in [0.15, 0.2) is 11.5 Å². The molecule has 1 heterocycles. The molecular weight excluding hydrogens is 297 g/mol. The van der Waals surface area contributed by atoms with Crippen LogP contribution in [0.2, 0.25) is 0 Å². The largest absolute Gasteiger partial charge is 0.454 e. The summed E-state index contributed by atoms with van der Waals surface area (Å²) in [7, 11) is 0. The van der Waals surface area contributed by atoms with E-state index in [1.807, 2.05) is 18.2 Å². The van der Waals surface area contributed by atoms with E-state index < -0.39 is 0 Å². The van der Waals surface area contributed by atoms with Gasteiger partial charge in [0.2, 0.25) is 12.7 Å². The molecule has 1 aliphatic heterocycles. The lowest BCUT2D eigenvalue weighted by molar-refractivity contribution is -0.122. The molecule has 2 atom stereocenters. The summed E-state index contributed by atoms with van der Waals surface area (Å²) in [5.74, 6) is 1.02. The Morgan fingerprint density at radius 2 is 2.00 bits per heavy atom. The Morgan fingerprint density at radius 1 is 1.17 bits per heavy atom. The summed E-state index contributed by atoms with van der Waals surface area (Å²) in [6.07, 6.45) is 0.702. The highest BCUT2D eigenvalue weighted by Crippen LogP contribution is 2.48. The molecule has 2 aromatic carbocycles. The molecule has 1 N–H and O–H groups in total. The van der Waals surface area contributed by atoms with Crippen molar-refractivity contribution in [1.82, 2.24) is 5.32 Å². The molecule has 2 unspecified atom stereocenters. The van der Waals surface area contributed by atoms with Crippen molar-refractivity contribution in [2.45, 2.75) is 18.9 Å². The minimum absolute atomic E-state index is 0.00652. The maximum atomic E-state index is 13.7. The molecule has 2 aromatic rings. The number of hydrogen-bond acceptors (Lipinski definition) is 3. The lowest BCUT2D eigenvalue weighted by Crippen LogP contribution is -2.24. The molecule has 23 heavy (non-hydrogen) atoms. The van der Waals surface area contributed by atoms with Crippen LogP contribution in [-0.4, -0.2) is 12.7 Å². The van der Waals surface area contributed by atoms with E-state index in [9.17, 15) is 9.18 Å². The molecule has 118 valence electrons. The van der Waals surface area contributed by atoms with Gasteiger partial charge in [-0.1, -0.05) is 24.3 Å². The first-order valence-corrected chi connectivity index (χ1v) is 7.63. The van der Waals surface area contributed by atoms with Crippen LogP contribution >= 0.6 is 0 Å². The Bertz CT molecular complexity index is 762. The van der Waals surface area contributed by atoms with Gasteiger partial charge in [-0.3, -0.25) is 4.79 Å². The van der Waals surface area contributed by atoms with Crippen LogP contribution in [0.1, 0.15) is 23.5 Å². The maximum absolute atomic E-state index is 13.7. The minimum Gasteiger partial charge on any atom is -0.454 e. The summed E-state index contributed by atoms with van der Waals surface area (Å²) < 4.78 is 24.3. The van der Waals surface area contributed by atoms with E-state index in [0.717, 1.165) is 11.3 Å². The molecule has 1 amide bonds. The van der Waals surface area contributed by atoms with Gasteiger partial charge in [-0.2, -0.15) is 0 Å². The van der Waals surface area contributed by atoms with Gasteiger partial charge in [-0.15, -0.1) is 0 Å². The van der Waals surface area contributed by atoms with E-state index in [1.54, 1.807) is 18.2 Å². The second-order valence-corrected chi connectivity index (χ2v) is 5.88. The summed E-state index contributed by atoms with van der Waals surface area (Å²) in [4.78, 5) is 12.2. The Morgan fingerprint density at radius 3 is 2.87 bits per heavy atom. The van der Waals surface area contributed by atoms with Gasteiger partial charge in [-0.25, -0.2) is 4.39 Å². The third-order valence-electron chi connectivity index (χ3n) is 4.34. The monoisotopic (exact) mass is 313 g/mol. The molecule has 5 heteroatoms. The van der Waals surface area contributed by atoms with Gasteiger partial charge < -0.3 is 14.8 Å². The van der Waals surface area contributed by atoms with Gasteiger partial charge in [-0.05, 0) is 41.7 Å². The highest BCUT2D eigenvalue weighted by Gasteiger charge is 2.44. The normalized spacial score (nSPS) is 21.1. The third kappa shape index (κ3) is 2.74. The molecule has 1 fully saturated rings. The van der Waals surface area contributed by atoms with Crippen molar-refractivity contribution in [2.24, 2.45) is 5.92 Å². The van der Waals surface area contributed by atoms with Crippen LogP contribution in [0.25, 0.3) is 0 Å². The van der Waals surface area contributed by atoms with E-state index in [-0.39, 0.29) is 30.4 Å². The van der Waals surface area contributed by atoms with Crippen molar-refractivity contribution < 1.29 is 18.7 Å². The summed E-state index contributed by atoms with van der Waals surface area (Å²) in [5, 5.41) is 2.91. The maximum Gasteiger partial charge on any atom is 0.231 e. The fourth-order valence-electron chi connectivity index (χ4n) is 2.98. The lowest BCUT2D eigenvalue weighted by Gasteiger charge is -2.06. The van der Waals surface area contributed by atoms with E-state index in [4.69, 9.17) is 9.47 Å². The quantitative estimate of drug-likeness (QED) is 0.944. The van der Waals surface area contributed by atoms with Crippen LogP contribution in [0.5, 0.6) is 11.5 Å². The van der Waals surface area contributed by atoms with Gasteiger partial charge in [0.25, 0.3) is 0 Å². The number of fused-ring (bicyclic) bond motifs is 1. The van der Waals surface area contributed by atoms with Gasteiger partial charge >= 0.3 is 0 Å². The van der Waals surface area contributed by atoms with Crippen molar-refractivity contribution in [1.29, 1.82) is 0 Å². The third-order valence-corrected chi connectivity index (χ3v) is 4.34. The first-order chi connectivity index (χ1) is 11.2. The zero-order chi connectivity index (χ0) is 15.8. The summed E-state index contributed by atoms with van der Waals surface area (Å²) in [6, 6.07) is 12.3. The number of carbonyl (C=O) groups excluding carboxylic acids is 1. The number of ether oxygens (including phenoxy) is 2. The number of halogens is 1. The fourth-order valence-corrected chi connectivity index (χ4v) is 2.98.